The van der Waals surface area contributed by atoms with E-state index in [2.05, 4.69) is 6.58 Å². The Morgan fingerprint density at radius 1 is 1.50 bits per heavy atom. The lowest BCUT2D eigenvalue weighted by Crippen LogP contribution is -2.50. The SMILES string of the molecule is C=C(C)C(=O)C1CCC2CC1O2. The molecule has 12 heavy (non-hydrogen) atoms. The Morgan fingerprint density at radius 2 is 2.17 bits per heavy atom. The van der Waals surface area contributed by atoms with Crippen LogP contribution >= 0.6 is 0 Å². The Balaban J connectivity index is 2.03. The number of carbonyl (C=O) groups excluding carboxylic acids is 1. The first-order chi connectivity index (χ1) is 5.68. The standard InChI is InChI=1S/C10H14O2/c1-6(2)10(11)8-4-3-7-5-9(8)12-7/h7-9H,1,3-5H2,2H3. The lowest BCUT2D eigenvalue weighted by atomic mass is 9.76. The lowest BCUT2D eigenvalue weighted by Gasteiger charge is -2.45. The highest BCUT2D eigenvalue weighted by Crippen LogP contribution is 2.39. The molecule has 2 saturated heterocycles. The van der Waals surface area contributed by atoms with E-state index in [9.17, 15) is 4.79 Å². The smallest absolute Gasteiger partial charge is 0.163 e. The molecule has 3 unspecified atom stereocenters. The number of fused-ring (bicyclic) bond motifs is 2. The van der Waals surface area contributed by atoms with Gasteiger partial charge >= 0.3 is 0 Å². The average Bonchev–Trinajstić information content (AvgIpc) is 2.01. The Labute approximate surface area is 72.6 Å². The van der Waals surface area contributed by atoms with Gasteiger partial charge in [-0.05, 0) is 25.3 Å². The Kier molecular flexibility index (Phi) is 1.80. The number of ketones is 1. The fourth-order valence-corrected chi connectivity index (χ4v) is 2.11. The minimum Gasteiger partial charge on any atom is -0.374 e. The Morgan fingerprint density at radius 3 is 2.58 bits per heavy atom. The second-order valence-corrected chi connectivity index (χ2v) is 3.86. The summed E-state index contributed by atoms with van der Waals surface area (Å²) in [4.78, 5) is 11.6. The zero-order valence-corrected chi connectivity index (χ0v) is 7.38. The van der Waals surface area contributed by atoms with Crippen molar-refractivity contribution < 1.29 is 9.53 Å². The highest BCUT2D eigenvalue weighted by molar-refractivity contribution is 5.96. The second-order valence-electron chi connectivity index (χ2n) is 3.86. The largest absolute Gasteiger partial charge is 0.374 e. The molecule has 0 aromatic carbocycles. The van der Waals surface area contributed by atoms with Crippen LogP contribution < -0.4 is 0 Å². The molecule has 2 aliphatic heterocycles. The molecule has 3 atom stereocenters. The zero-order chi connectivity index (χ0) is 8.72. The highest BCUT2D eigenvalue weighted by Gasteiger charge is 2.44. The lowest BCUT2D eigenvalue weighted by molar-refractivity contribution is -0.186. The Hall–Kier alpha value is -0.630. The maximum atomic E-state index is 11.6. The molecule has 0 amide bonds. The molecule has 2 heteroatoms. The van der Waals surface area contributed by atoms with E-state index in [1.807, 2.05) is 0 Å². The molecular weight excluding hydrogens is 152 g/mol. The van der Waals surface area contributed by atoms with Crippen LogP contribution in [0.4, 0.5) is 0 Å². The van der Waals surface area contributed by atoms with E-state index in [1.54, 1.807) is 6.92 Å². The number of Topliss-reactive ketones (excluding diaryl/α,β-unsaturated/α-hetero) is 1. The summed E-state index contributed by atoms with van der Waals surface area (Å²) in [6, 6.07) is 0. The van der Waals surface area contributed by atoms with E-state index in [0.29, 0.717) is 11.7 Å². The van der Waals surface area contributed by atoms with Gasteiger partial charge in [0.25, 0.3) is 0 Å². The average molecular weight is 166 g/mol. The topological polar surface area (TPSA) is 26.3 Å². The second kappa shape index (κ2) is 2.70. The van der Waals surface area contributed by atoms with Crippen LogP contribution in [0, 0.1) is 5.92 Å². The van der Waals surface area contributed by atoms with Crippen LogP contribution in [0.5, 0.6) is 0 Å². The van der Waals surface area contributed by atoms with E-state index >= 15 is 0 Å². The van der Waals surface area contributed by atoms with Gasteiger partial charge in [0.2, 0.25) is 0 Å². The third-order valence-electron chi connectivity index (χ3n) is 2.87. The molecule has 2 nitrogen and oxygen atoms in total. The van der Waals surface area contributed by atoms with Crippen molar-refractivity contribution in [3.8, 4) is 0 Å². The maximum absolute atomic E-state index is 11.6. The molecule has 3 rings (SSSR count). The van der Waals surface area contributed by atoms with Crippen LogP contribution in [-0.2, 0) is 9.53 Å². The molecule has 3 fully saturated rings. The van der Waals surface area contributed by atoms with E-state index in [4.69, 9.17) is 4.74 Å². The summed E-state index contributed by atoms with van der Waals surface area (Å²) >= 11 is 0. The van der Waals surface area contributed by atoms with Crippen molar-refractivity contribution in [1.82, 2.24) is 0 Å². The Bertz CT molecular complexity index is 223. The van der Waals surface area contributed by atoms with Crippen LogP contribution in [0.1, 0.15) is 26.2 Å². The van der Waals surface area contributed by atoms with Crippen LogP contribution in [0.2, 0.25) is 0 Å². The van der Waals surface area contributed by atoms with E-state index in [1.165, 1.54) is 0 Å². The summed E-state index contributed by atoms with van der Waals surface area (Å²) in [6.45, 7) is 5.46. The monoisotopic (exact) mass is 166 g/mol. The fraction of sp³-hybridized carbons (Fsp3) is 0.700. The fourth-order valence-electron chi connectivity index (χ4n) is 2.11. The summed E-state index contributed by atoms with van der Waals surface area (Å²) in [5, 5.41) is 0. The number of hydrogen-bond donors (Lipinski definition) is 0. The summed E-state index contributed by atoms with van der Waals surface area (Å²) in [5.41, 5.74) is 0.675. The molecule has 3 aliphatic rings. The van der Waals surface area contributed by atoms with Crippen molar-refractivity contribution in [3.05, 3.63) is 12.2 Å². The molecule has 0 aromatic rings. The molecule has 0 N–H and O–H groups in total. The number of rotatable bonds is 2. The summed E-state index contributed by atoms with van der Waals surface area (Å²) in [7, 11) is 0. The minimum absolute atomic E-state index is 0.118. The van der Waals surface area contributed by atoms with Gasteiger partial charge in [0.05, 0.1) is 12.2 Å². The van der Waals surface area contributed by atoms with Gasteiger partial charge in [-0.2, -0.15) is 0 Å². The van der Waals surface area contributed by atoms with Crippen molar-refractivity contribution in [1.29, 1.82) is 0 Å². The first kappa shape index (κ1) is 7.99. The molecule has 2 bridgehead atoms. The van der Waals surface area contributed by atoms with E-state index in [-0.39, 0.29) is 17.8 Å². The molecule has 0 spiro atoms. The predicted octanol–water partition coefficient (Wildman–Crippen LogP) is 1.70. The molecule has 1 saturated carbocycles. The van der Waals surface area contributed by atoms with Crippen LogP contribution in [0.3, 0.4) is 0 Å². The first-order valence-electron chi connectivity index (χ1n) is 4.53. The van der Waals surface area contributed by atoms with Gasteiger partial charge in [-0.1, -0.05) is 6.58 Å². The quantitative estimate of drug-likeness (QED) is 0.583. The highest BCUT2D eigenvalue weighted by atomic mass is 16.5. The number of allylic oxidation sites excluding steroid dienone is 1. The summed E-state index contributed by atoms with van der Waals surface area (Å²) in [5.74, 6) is 0.325. The van der Waals surface area contributed by atoms with Gasteiger partial charge in [0, 0.05) is 12.3 Å². The molecule has 66 valence electrons. The van der Waals surface area contributed by atoms with Crippen LogP contribution in [0.25, 0.3) is 0 Å². The first-order valence-corrected chi connectivity index (χ1v) is 4.53. The van der Waals surface area contributed by atoms with Crippen molar-refractivity contribution in [3.63, 3.8) is 0 Å². The molecule has 1 aliphatic carbocycles. The normalized spacial score (nSPS) is 38.6. The van der Waals surface area contributed by atoms with E-state index in [0.717, 1.165) is 19.3 Å². The zero-order valence-electron chi connectivity index (χ0n) is 7.38. The van der Waals surface area contributed by atoms with Crippen LogP contribution in [0.15, 0.2) is 12.2 Å². The predicted molar refractivity (Wildman–Crippen MR) is 45.8 cm³/mol. The van der Waals surface area contributed by atoms with Gasteiger partial charge in [-0.3, -0.25) is 4.79 Å². The number of carbonyl (C=O) groups is 1. The van der Waals surface area contributed by atoms with Gasteiger partial charge < -0.3 is 4.74 Å². The van der Waals surface area contributed by atoms with Crippen molar-refractivity contribution in [2.75, 3.05) is 0 Å². The minimum atomic E-state index is 0.118. The van der Waals surface area contributed by atoms with Gasteiger partial charge in [-0.25, -0.2) is 0 Å². The molecule has 0 radical (unpaired) electrons. The maximum Gasteiger partial charge on any atom is 0.163 e. The van der Waals surface area contributed by atoms with Gasteiger partial charge in [-0.15, -0.1) is 0 Å². The van der Waals surface area contributed by atoms with Crippen molar-refractivity contribution in [2.24, 2.45) is 5.92 Å². The molecular formula is C10H14O2. The van der Waals surface area contributed by atoms with Crippen molar-refractivity contribution >= 4 is 5.78 Å². The third kappa shape index (κ3) is 1.11. The number of hydrogen-bond acceptors (Lipinski definition) is 2. The third-order valence-corrected chi connectivity index (χ3v) is 2.87. The van der Waals surface area contributed by atoms with Gasteiger partial charge in [0.1, 0.15) is 0 Å². The van der Waals surface area contributed by atoms with Gasteiger partial charge in [0.15, 0.2) is 5.78 Å². The summed E-state index contributed by atoms with van der Waals surface area (Å²) < 4.78 is 5.50. The molecule has 2 heterocycles. The van der Waals surface area contributed by atoms with E-state index < -0.39 is 0 Å². The van der Waals surface area contributed by atoms with Crippen LogP contribution in [-0.4, -0.2) is 18.0 Å². The molecule has 0 aromatic heterocycles. The van der Waals surface area contributed by atoms with Crippen molar-refractivity contribution in [2.45, 2.75) is 38.4 Å². The summed E-state index contributed by atoms with van der Waals surface area (Å²) in [6.07, 6.45) is 3.82. The number of ether oxygens (including phenoxy) is 1.